The number of aliphatic hydroxyl groups excluding tert-OH is 1. The van der Waals surface area contributed by atoms with Gasteiger partial charge in [0.05, 0.1) is 12.1 Å². The van der Waals surface area contributed by atoms with E-state index in [-0.39, 0.29) is 6.61 Å². The summed E-state index contributed by atoms with van der Waals surface area (Å²) in [6.45, 7) is 0.204. The Morgan fingerprint density at radius 1 is 1.04 bits per heavy atom. The van der Waals surface area contributed by atoms with E-state index in [1.807, 2.05) is 60.7 Å². The Hall–Kier alpha value is -1.85. The Labute approximate surface area is 144 Å². The van der Waals surface area contributed by atoms with Crippen molar-refractivity contribution in [2.24, 2.45) is 0 Å². The molecule has 0 saturated heterocycles. The summed E-state index contributed by atoms with van der Waals surface area (Å²) in [6.07, 6.45) is -0.692. The molecule has 2 rings (SSSR count). The predicted molar refractivity (Wildman–Crippen MR) is 93.5 cm³/mol. The molecule has 0 radical (unpaired) electrons. The first kappa shape index (κ1) is 17.5. The maximum absolute atomic E-state index is 12.0. The van der Waals surface area contributed by atoms with E-state index in [0.717, 1.165) is 11.1 Å². The minimum Gasteiger partial charge on any atom is -0.445 e. The molecule has 2 N–H and O–H groups in total. The minimum absolute atomic E-state index is 0.204. The van der Waals surface area contributed by atoms with Gasteiger partial charge in [0.25, 0.3) is 0 Å². The van der Waals surface area contributed by atoms with Crippen LogP contribution in [0.25, 0.3) is 0 Å². The molecule has 0 aliphatic rings. The lowest BCUT2D eigenvalue weighted by Gasteiger charge is -2.22. The molecular formula is C18H20BrNO3. The van der Waals surface area contributed by atoms with Crippen LogP contribution in [-0.2, 0) is 17.8 Å². The second-order valence-corrected chi connectivity index (χ2v) is 5.87. The quantitative estimate of drug-likeness (QED) is 0.727. The van der Waals surface area contributed by atoms with E-state index in [1.54, 1.807) is 0 Å². The molecule has 0 spiro atoms. The number of amides is 1. The third-order valence-corrected chi connectivity index (χ3v) is 4.10. The highest BCUT2D eigenvalue weighted by molar-refractivity contribution is 9.09. The number of carbonyl (C=O) groups is 1. The molecule has 0 aliphatic heterocycles. The van der Waals surface area contributed by atoms with E-state index in [0.29, 0.717) is 11.8 Å². The van der Waals surface area contributed by atoms with Crippen molar-refractivity contribution < 1.29 is 14.6 Å². The molecule has 0 saturated carbocycles. The first-order valence-corrected chi connectivity index (χ1v) is 8.56. The maximum Gasteiger partial charge on any atom is 0.407 e. The van der Waals surface area contributed by atoms with Crippen molar-refractivity contribution in [2.75, 3.05) is 5.33 Å². The lowest BCUT2D eigenvalue weighted by molar-refractivity contribution is 0.111. The smallest absolute Gasteiger partial charge is 0.407 e. The van der Waals surface area contributed by atoms with Crippen molar-refractivity contribution in [3.63, 3.8) is 0 Å². The molecule has 2 aromatic rings. The molecule has 5 heteroatoms. The van der Waals surface area contributed by atoms with E-state index < -0.39 is 18.2 Å². The number of alkyl carbamates (subject to hydrolysis) is 1. The fourth-order valence-electron chi connectivity index (χ4n) is 2.17. The summed E-state index contributed by atoms with van der Waals surface area (Å²) >= 11 is 3.25. The fraction of sp³-hybridized carbons (Fsp3) is 0.278. The summed E-state index contributed by atoms with van der Waals surface area (Å²) in [5, 5.41) is 13.2. The number of hydrogen-bond acceptors (Lipinski definition) is 3. The van der Waals surface area contributed by atoms with Gasteiger partial charge in [0.1, 0.15) is 6.61 Å². The van der Waals surface area contributed by atoms with Crippen LogP contribution in [0.3, 0.4) is 0 Å². The highest BCUT2D eigenvalue weighted by Crippen LogP contribution is 2.09. The number of ether oxygens (including phenoxy) is 1. The number of benzene rings is 2. The van der Waals surface area contributed by atoms with Crippen LogP contribution in [0.2, 0.25) is 0 Å². The second-order valence-electron chi connectivity index (χ2n) is 5.22. The number of hydrogen-bond donors (Lipinski definition) is 2. The summed E-state index contributed by atoms with van der Waals surface area (Å²) in [7, 11) is 0. The van der Waals surface area contributed by atoms with Gasteiger partial charge in [-0.3, -0.25) is 0 Å². The molecule has 2 atom stereocenters. The molecule has 0 bridgehead atoms. The molecule has 1 unspecified atom stereocenters. The fourth-order valence-corrected chi connectivity index (χ4v) is 2.63. The molecule has 122 valence electrons. The van der Waals surface area contributed by atoms with Crippen LogP contribution in [0, 0.1) is 0 Å². The first-order valence-electron chi connectivity index (χ1n) is 7.44. The van der Waals surface area contributed by atoms with Gasteiger partial charge in [-0.25, -0.2) is 4.79 Å². The Balaban J connectivity index is 1.90. The highest BCUT2D eigenvalue weighted by atomic mass is 79.9. The van der Waals surface area contributed by atoms with Gasteiger partial charge in [-0.15, -0.1) is 0 Å². The van der Waals surface area contributed by atoms with Crippen LogP contribution in [0.5, 0.6) is 0 Å². The molecule has 0 heterocycles. The van der Waals surface area contributed by atoms with Gasteiger partial charge in [0.15, 0.2) is 0 Å². The topological polar surface area (TPSA) is 58.6 Å². The Morgan fingerprint density at radius 3 is 2.17 bits per heavy atom. The van der Waals surface area contributed by atoms with Crippen LogP contribution in [0.4, 0.5) is 4.79 Å². The van der Waals surface area contributed by atoms with Crippen LogP contribution >= 0.6 is 15.9 Å². The standard InChI is InChI=1S/C18H20BrNO3/c19-12-17(21)16(11-14-7-3-1-4-8-14)20-18(22)23-13-15-9-5-2-6-10-15/h1-10,16-17,21H,11-13H2,(H,20,22)/t16-,17?/m0/s1. The van der Waals surface area contributed by atoms with Crippen molar-refractivity contribution >= 4 is 22.0 Å². The lowest BCUT2D eigenvalue weighted by atomic mass is 10.0. The Morgan fingerprint density at radius 2 is 1.61 bits per heavy atom. The van der Waals surface area contributed by atoms with Crippen molar-refractivity contribution in [1.29, 1.82) is 0 Å². The van der Waals surface area contributed by atoms with Gasteiger partial charge in [-0.2, -0.15) is 0 Å². The number of halogens is 1. The molecule has 0 aromatic heterocycles. The minimum atomic E-state index is -0.695. The highest BCUT2D eigenvalue weighted by Gasteiger charge is 2.21. The van der Waals surface area contributed by atoms with Crippen molar-refractivity contribution in [3.8, 4) is 0 Å². The van der Waals surface area contributed by atoms with E-state index in [1.165, 1.54) is 0 Å². The maximum atomic E-state index is 12.0. The summed E-state index contributed by atoms with van der Waals surface area (Å²) in [6, 6.07) is 18.8. The van der Waals surface area contributed by atoms with E-state index in [4.69, 9.17) is 4.74 Å². The number of alkyl halides is 1. The number of aliphatic hydroxyl groups is 1. The first-order chi connectivity index (χ1) is 11.2. The molecular weight excluding hydrogens is 358 g/mol. The van der Waals surface area contributed by atoms with Crippen molar-refractivity contribution in [2.45, 2.75) is 25.2 Å². The Kier molecular flexibility index (Phi) is 7.10. The van der Waals surface area contributed by atoms with Gasteiger partial charge in [0, 0.05) is 5.33 Å². The van der Waals surface area contributed by atoms with Crippen molar-refractivity contribution in [3.05, 3.63) is 71.8 Å². The third kappa shape index (κ3) is 6.04. The normalized spacial score (nSPS) is 13.1. The zero-order chi connectivity index (χ0) is 16.5. The van der Waals surface area contributed by atoms with E-state index >= 15 is 0 Å². The number of nitrogens with one attached hydrogen (secondary N) is 1. The third-order valence-electron chi connectivity index (χ3n) is 3.44. The van der Waals surface area contributed by atoms with E-state index in [9.17, 15) is 9.90 Å². The molecule has 1 amide bonds. The van der Waals surface area contributed by atoms with Gasteiger partial charge in [-0.05, 0) is 17.5 Å². The predicted octanol–water partition coefficient (Wildman–Crippen LogP) is 3.28. The van der Waals surface area contributed by atoms with Gasteiger partial charge in [0.2, 0.25) is 0 Å². The van der Waals surface area contributed by atoms with Gasteiger partial charge >= 0.3 is 6.09 Å². The van der Waals surface area contributed by atoms with Crippen LogP contribution in [-0.4, -0.2) is 28.7 Å². The average molecular weight is 378 g/mol. The second kappa shape index (κ2) is 9.33. The van der Waals surface area contributed by atoms with Crippen LogP contribution in [0.15, 0.2) is 60.7 Å². The number of carbonyl (C=O) groups excluding carboxylic acids is 1. The SMILES string of the molecule is O=C(N[C@@H](Cc1ccccc1)C(O)CBr)OCc1ccccc1. The zero-order valence-corrected chi connectivity index (χ0v) is 14.3. The average Bonchev–Trinajstić information content (AvgIpc) is 2.60. The summed E-state index contributed by atoms with van der Waals surface area (Å²) < 4.78 is 5.21. The lowest BCUT2D eigenvalue weighted by Crippen LogP contribution is -2.45. The summed E-state index contributed by atoms with van der Waals surface area (Å²) in [5.74, 6) is 0. The largest absolute Gasteiger partial charge is 0.445 e. The molecule has 23 heavy (non-hydrogen) atoms. The molecule has 4 nitrogen and oxygen atoms in total. The molecule has 0 aliphatic carbocycles. The summed E-state index contributed by atoms with van der Waals surface area (Å²) in [5.41, 5.74) is 1.96. The van der Waals surface area contributed by atoms with Gasteiger partial charge < -0.3 is 15.2 Å². The molecule has 2 aromatic carbocycles. The number of rotatable bonds is 7. The van der Waals surface area contributed by atoms with E-state index in [2.05, 4.69) is 21.2 Å². The van der Waals surface area contributed by atoms with Gasteiger partial charge in [-0.1, -0.05) is 76.6 Å². The summed E-state index contributed by atoms with van der Waals surface area (Å²) in [4.78, 5) is 12.0. The molecule has 0 fully saturated rings. The zero-order valence-electron chi connectivity index (χ0n) is 12.7. The monoisotopic (exact) mass is 377 g/mol. The van der Waals surface area contributed by atoms with Crippen LogP contribution in [0.1, 0.15) is 11.1 Å². The Bertz CT molecular complexity index is 592. The van der Waals surface area contributed by atoms with Crippen LogP contribution < -0.4 is 5.32 Å². The van der Waals surface area contributed by atoms with Crippen molar-refractivity contribution in [1.82, 2.24) is 5.32 Å².